The second-order valence-electron chi connectivity index (χ2n) is 8.27. The summed E-state index contributed by atoms with van der Waals surface area (Å²) >= 11 is 0. The van der Waals surface area contributed by atoms with E-state index >= 15 is 0 Å². The fourth-order valence-electron chi connectivity index (χ4n) is 4.70. The van der Waals surface area contributed by atoms with E-state index in [1.165, 1.54) is 12.1 Å². The molecule has 0 saturated heterocycles. The minimum atomic E-state index is -0.560. The summed E-state index contributed by atoms with van der Waals surface area (Å²) in [6.07, 6.45) is 4.21. The number of rotatable bonds is 5. The van der Waals surface area contributed by atoms with Crippen LogP contribution in [-0.2, 0) is 14.3 Å². The van der Waals surface area contributed by atoms with Crippen molar-refractivity contribution in [2.75, 3.05) is 27.2 Å². The number of hydrogen-bond donors (Lipinski definition) is 0. The topological polar surface area (TPSA) is 49.9 Å². The van der Waals surface area contributed by atoms with Gasteiger partial charge in [-0.05, 0) is 64.0 Å². The smallest absolute Gasteiger partial charge is 0.290 e. The van der Waals surface area contributed by atoms with Gasteiger partial charge in [0.05, 0.1) is 17.5 Å². The van der Waals surface area contributed by atoms with Gasteiger partial charge >= 0.3 is 0 Å². The van der Waals surface area contributed by atoms with Crippen LogP contribution in [0.5, 0.6) is 0 Å². The Labute approximate surface area is 165 Å². The molecule has 0 spiro atoms. The van der Waals surface area contributed by atoms with E-state index in [9.17, 15) is 14.0 Å². The average Bonchev–Trinajstić information content (AvgIpc) is 2.94. The zero-order valence-corrected chi connectivity index (χ0v) is 16.5. The molecule has 4 rings (SSSR count). The third kappa shape index (κ3) is 3.34. The van der Waals surface area contributed by atoms with Crippen molar-refractivity contribution in [3.63, 3.8) is 0 Å². The van der Waals surface area contributed by atoms with Crippen molar-refractivity contribution in [2.45, 2.75) is 44.2 Å². The molecule has 6 heteroatoms. The highest BCUT2D eigenvalue weighted by atomic mass is 19.1. The molecule has 28 heavy (non-hydrogen) atoms. The second kappa shape index (κ2) is 7.66. The summed E-state index contributed by atoms with van der Waals surface area (Å²) in [6.45, 7) is 1.32. The Morgan fingerprint density at radius 1 is 1.21 bits per heavy atom. The molecule has 1 aliphatic carbocycles. The fourth-order valence-corrected chi connectivity index (χ4v) is 4.70. The molecule has 2 aliphatic heterocycles. The lowest BCUT2D eigenvalue weighted by molar-refractivity contribution is -0.135. The van der Waals surface area contributed by atoms with Crippen LogP contribution in [0.2, 0.25) is 0 Å². The summed E-state index contributed by atoms with van der Waals surface area (Å²) in [4.78, 5) is 30.3. The van der Waals surface area contributed by atoms with Gasteiger partial charge in [0.1, 0.15) is 11.9 Å². The Hall–Kier alpha value is -2.21. The van der Waals surface area contributed by atoms with Gasteiger partial charge in [-0.2, -0.15) is 0 Å². The molecule has 3 atom stereocenters. The minimum absolute atomic E-state index is 0.0173. The molecule has 0 N–H and O–H groups in total. The number of carbonyl (C=O) groups is 2. The van der Waals surface area contributed by atoms with E-state index in [1.54, 1.807) is 17.0 Å². The zero-order chi connectivity index (χ0) is 19.8. The molecule has 150 valence electrons. The molecule has 1 aromatic rings. The van der Waals surface area contributed by atoms with E-state index in [4.69, 9.17) is 4.74 Å². The first-order valence-corrected chi connectivity index (χ1v) is 10.1. The first-order valence-electron chi connectivity index (χ1n) is 10.1. The van der Waals surface area contributed by atoms with Crippen LogP contribution < -0.4 is 0 Å². The van der Waals surface area contributed by atoms with Crippen molar-refractivity contribution in [3.05, 3.63) is 47.0 Å². The largest absolute Gasteiger partial charge is 0.483 e. The Balaban J connectivity index is 1.71. The van der Waals surface area contributed by atoms with E-state index in [-0.39, 0.29) is 35.3 Å². The maximum absolute atomic E-state index is 14.0. The van der Waals surface area contributed by atoms with Crippen molar-refractivity contribution in [2.24, 2.45) is 5.92 Å². The van der Waals surface area contributed by atoms with E-state index in [0.29, 0.717) is 17.7 Å². The molecule has 3 aliphatic rings. The molecule has 2 heterocycles. The van der Waals surface area contributed by atoms with Crippen molar-refractivity contribution >= 4 is 11.7 Å². The summed E-state index contributed by atoms with van der Waals surface area (Å²) < 4.78 is 20.1. The van der Waals surface area contributed by atoms with Crippen LogP contribution in [0.25, 0.3) is 0 Å². The standard InChI is InChI=1S/C22H27FN2O3/c1-24(2)11-6-12-25-19(14-7-5-8-15(23)13-14)18-20(26)16-9-3-4-10-17(16)28-21(18)22(25)27/h5,7-8,13,16-17,19H,3-4,6,9-12H2,1-2H3. The van der Waals surface area contributed by atoms with Gasteiger partial charge in [-0.1, -0.05) is 18.6 Å². The highest BCUT2D eigenvalue weighted by Crippen LogP contribution is 2.46. The van der Waals surface area contributed by atoms with E-state index in [1.807, 2.05) is 14.1 Å². The lowest BCUT2D eigenvalue weighted by atomic mass is 9.77. The number of carbonyl (C=O) groups excluding carboxylic acids is 2. The highest BCUT2D eigenvalue weighted by Gasteiger charge is 2.51. The van der Waals surface area contributed by atoms with Gasteiger partial charge in [-0.25, -0.2) is 4.39 Å². The first-order chi connectivity index (χ1) is 13.5. The Morgan fingerprint density at radius 2 is 2.00 bits per heavy atom. The van der Waals surface area contributed by atoms with Gasteiger partial charge < -0.3 is 14.5 Å². The molecule has 1 saturated carbocycles. The molecular weight excluding hydrogens is 359 g/mol. The van der Waals surface area contributed by atoms with Gasteiger partial charge in [-0.15, -0.1) is 0 Å². The van der Waals surface area contributed by atoms with Crippen LogP contribution in [-0.4, -0.2) is 54.8 Å². The van der Waals surface area contributed by atoms with Crippen molar-refractivity contribution in [1.82, 2.24) is 9.80 Å². The minimum Gasteiger partial charge on any atom is -0.483 e. The van der Waals surface area contributed by atoms with Crippen LogP contribution in [0, 0.1) is 11.7 Å². The number of ketones is 1. The Bertz CT molecular complexity index is 820. The van der Waals surface area contributed by atoms with Crippen molar-refractivity contribution in [1.29, 1.82) is 0 Å². The lowest BCUT2D eigenvalue weighted by Crippen LogP contribution is -2.39. The van der Waals surface area contributed by atoms with Crippen LogP contribution in [0.4, 0.5) is 4.39 Å². The van der Waals surface area contributed by atoms with Crippen LogP contribution in [0.15, 0.2) is 35.6 Å². The van der Waals surface area contributed by atoms with E-state index in [2.05, 4.69) is 4.90 Å². The predicted molar refractivity (Wildman–Crippen MR) is 103 cm³/mol. The summed E-state index contributed by atoms with van der Waals surface area (Å²) in [5.74, 6) is -0.568. The molecule has 1 fully saturated rings. The maximum atomic E-state index is 14.0. The van der Waals surface area contributed by atoms with Gasteiger partial charge in [0.15, 0.2) is 11.5 Å². The third-order valence-electron chi connectivity index (χ3n) is 6.03. The second-order valence-corrected chi connectivity index (χ2v) is 8.27. The number of Topliss-reactive ketones (excluding diaryl/α,β-unsaturated/α-hetero) is 1. The number of nitrogens with zero attached hydrogens (tertiary/aromatic N) is 2. The number of hydrogen-bond acceptors (Lipinski definition) is 4. The van der Waals surface area contributed by atoms with E-state index < -0.39 is 6.04 Å². The van der Waals surface area contributed by atoms with Gasteiger partial charge in [0, 0.05) is 6.54 Å². The Kier molecular flexibility index (Phi) is 5.23. The summed E-state index contributed by atoms with van der Waals surface area (Å²) in [5, 5.41) is 0. The summed E-state index contributed by atoms with van der Waals surface area (Å²) in [7, 11) is 3.97. The molecule has 3 unspecified atom stereocenters. The zero-order valence-electron chi connectivity index (χ0n) is 16.5. The molecule has 0 radical (unpaired) electrons. The van der Waals surface area contributed by atoms with Crippen LogP contribution >= 0.6 is 0 Å². The molecule has 0 aromatic heterocycles. The van der Waals surface area contributed by atoms with Crippen LogP contribution in [0.1, 0.15) is 43.7 Å². The Morgan fingerprint density at radius 3 is 2.75 bits per heavy atom. The van der Waals surface area contributed by atoms with Crippen LogP contribution in [0.3, 0.4) is 0 Å². The summed E-state index contributed by atoms with van der Waals surface area (Å²) in [5.41, 5.74) is 1.07. The average molecular weight is 386 g/mol. The number of amides is 1. The quantitative estimate of drug-likeness (QED) is 0.780. The molecule has 0 bridgehead atoms. The number of halogens is 1. The number of fused-ring (bicyclic) bond motifs is 1. The van der Waals surface area contributed by atoms with Gasteiger partial charge in [0.2, 0.25) is 0 Å². The molecule has 1 amide bonds. The fraction of sp³-hybridized carbons (Fsp3) is 0.545. The predicted octanol–water partition coefficient (Wildman–Crippen LogP) is 3.07. The van der Waals surface area contributed by atoms with Gasteiger partial charge in [0.25, 0.3) is 5.91 Å². The molecular formula is C22H27FN2O3. The van der Waals surface area contributed by atoms with E-state index in [0.717, 1.165) is 38.6 Å². The molecule has 5 nitrogen and oxygen atoms in total. The maximum Gasteiger partial charge on any atom is 0.290 e. The highest BCUT2D eigenvalue weighted by molar-refractivity contribution is 6.11. The van der Waals surface area contributed by atoms with Crippen molar-refractivity contribution < 1.29 is 18.7 Å². The number of ether oxygens (including phenoxy) is 1. The van der Waals surface area contributed by atoms with Crippen molar-refractivity contribution in [3.8, 4) is 0 Å². The first kappa shape index (κ1) is 19.1. The normalized spacial score (nSPS) is 27.1. The summed E-state index contributed by atoms with van der Waals surface area (Å²) in [6, 6.07) is 5.66. The monoisotopic (exact) mass is 386 g/mol. The molecule has 1 aromatic carbocycles. The third-order valence-corrected chi connectivity index (χ3v) is 6.03. The SMILES string of the molecule is CN(C)CCCN1C(=O)C2=C(C(=O)C3CCCCC3O2)C1c1cccc(F)c1. The van der Waals surface area contributed by atoms with Gasteiger partial charge in [-0.3, -0.25) is 9.59 Å². The lowest BCUT2D eigenvalue weighted by Gasteiger charge is -2.35. The number of benzene rings is 1.